The van der Waals surface area contributed by atoms with Gasteiger partial charge in [-0.25, -0.2) is 4.79 Å². The Morgan fingerprint density at radius 3 is 2.36 bits per heavy atom. The van der Waals surface area contributed by atoms with Gasteiger partial charge in [-0.1, -0.05) is 18.2 Å². The summed E-state index contributed by atoms with van der Waals surface area (Å²) < 4.78 is 0. The van der Waals surface area contributed by atoms with Gasteiger partial charge in [0.15, 0.2) is 0 Å². The topological polar surface area (TPSA) is 35.5 Å². The molecule has 1 radical (unpaired) electrons. The molecule has 0 saturated heterocycles. The molecule has 0 heterocycles. The molecule has 0 spiro atoms. The van der Waals surface area contributed by atoms with Crippen molar-refractivity contribution in [1.82, 2.24) is 0 Å². The average molecular weight is 193 g/mol. The lowest BCUT2D eigenvalue weighted by atomic mass is 10.2. The second-order valence-corrected chi connectivity index (χ2v) is 3.58. The van der Waals surface area contributed by atoms with Crippen molar-refractivity contribution >= 4 is 5.97 Å². The summed E-state index contributed by atoms with van der Waals surface area (Å²) in [6, 6.07) is 8.64. The molecular formula is C11H13O3. The van der Waals surface area contributed by atoms with E-state index in [1.807, 2.05) is 6.07 Å². The first-order chi connectivity index (χ1) is 6.49. The second kappa shape index (κ2) is 4.24. The number of hydrogen-bond donors (Lipinski definition) is 0. The molecule has 0 aliphatic heterocycles. The van der Waals surface area contributed by atoms with Crippen LogP contribution in [0.15, 0.2) is 30.3 Å². The van der Waals surface area contributed by atoms with Crippen molar-refractivity contribution in [2.75, 3.05) is 0 Å². The number of benzene rings is 1. The molecule has 75 valence electrons. The lowest BCUT2D eigenvalue weighted by Gasteiger charge is -2.16. The van der Waals surface area contributed by atoms with Gasteiger partial charge in [0.25, 0.3) is 0 Å². The SMILES string of the molecule is [CH2]C(C)(C)OOC(=O)c1ccccc1. The Kier molecular flexibility index (Phi) is 3.25. The van der Waals surface area contributed by atoms with Crippen LogP contribution in [0.5, 0.6) is 0 Å². The molecule has 1 aromatic rings. The molecule has 0 atom stereocenters. The van der Waals surface area contributed by atoms with E-state index in [0.29, 0.717) is 5.56 Å². The van der Waals surface area contributed by atoms with Gasteiger partial charge in [-0.2, -0.15) is 4.89 Å². The molecule has 0 fully saturated rings. The minimum atomic E-state index is -0.732. The molecular weight excluding hydrogens is 180 g/mol. The predicted molar refractivity (Wildman–Crippen MR) is 52.4 cm³/mol. The average Bonchev–Trinajstić information content (AvgIpc) is 2.14. The normalized spacial score (nSPS) is 11.1. The molecule has 0 unspecified atom stereocenters. The third-order valence-electron chi connectivity index (χ3n) is 1.35. The molecule has 14 heavy (non-hydrogen) atoms. The molecule has 1 rings (SSSR count). The van der Waals surface area contributed by atoms with Gasteiger partial charge in [0.1, 0.15) is 5.60 Å². The van der Waals surface area contributed by atoms with Crippen molar-refractivity contribution in [2.45, 2.75) is 19.4 Å². The first kappa shape index (κ1) is 10.7. The van der Waals surface area contributed by atoms with E-state index in [2.05, 4.69) is 11.8 Å². The largest absolute Gasteiger partial charge is 0.373 e. The summed E-state index contributed by atoms with van der Waals surface area (Å²) in [6.07, 6.45) is 0. The molecule has 3 heteroatoms. The number of rotatable bonds is 3. The highest BCUT2D eigenvalue weighted by atomic mass is 17.2. The van der Waals surface area contributed by atoms with E-state index in [0.717, 1.165) is 0 Å². The van der Waals surface area contributed by atoms with Crippen LogP contribution < -0.4 is 0 Å². The molecule has 0 aliphatic rings. The van der Waals surface area contributed by atoms with Gasteiger partial charge in [0, 0.05) is 0 Å². The van der Waals surface area contributed by atoms with Crippen molar-refractivity contribution in [2.24, 2.45) is 0 Å². The molecule has 1 aromatic carbocycles. The summed E-state index contributed by atoms with van der Waals surface area (Å²) in [5, 5.41) is 0. The maximum absolute atomic E-state index is 11.3. The van der Waals surface area contributed by atoms with Crippen LogP contribution in [0.1, 0.15) is 24.2 Å². The van der Waals surface area contributed by atoms with Crippen LogP contribution in [0.2, 0.25) is 0 Å². The fraction of sp³-hybridized carbons (Fsp3) is 0.273. The number of carbonyl (C=O) groups excluding carboxylic acids is 1. The van der Waals surface area contributed by atoms with E-state index in [1.54, 1.807) is 38.1 Å². The third kappa shape index (κ3) is 3.58. The van der Waals surface area contributed by atoms with Crippen LogP contribution in [0.4, 0.5) is 0 Å². The zero-order valence-corrected chi connectivity index (χ0v) is 8.32. The van der Waals surface area contributed by atoms with Crippen molar-refractivity contribution < 1.29 is 14.6 Å². The molecule has 3 nitrogen and oxygen atoms in total. The van der Waals surface area contributed by atoms with Gasteiger partial charge in [-0.3, -0.25) is 4.89 Å². The Bertz CT molecular complexity index is 298. The van der Waals surface area contributed by atoms with E-state index in [9.17, 15) is 4.79 Å². The monoisotopic (exact) mass is 193 g/mol. The molecule has 0 aromatic heterocycles. The van der Waals surface area contributed by atoms with E-state index < -0.39 is 11.6 Å². The minimum absolute atomic E-state index is 0.455. The smallest absolute Gasteiger partial charge is 0.292 e. The molecule has 0 aliphatic carbocycles. The maximum Gasteiger partial charge on any atom is 0.373 e. The standard InChI is InChI=1S/C11H13O3/c1-11(2,3)14-13-10(12)9-7-5-4-6-8-9/h4-8H,1H2,2-3H3. The first-order valence-corrected chi connectivity index (χ1v) is 4.29. The van der Waals surface area contributed by atoms with E-state index in [1.165, 1.54) is 0 Å². The van der Waals surface area contributed by atoms with E-state index >= 15 is 0 Å². The fourth-order valence-corrected chi connectivity index (χ4v) is 0.773. The van der Waals surface area contributed by atoms with Crippen molar-refractivity contribution in [3.8, 4) is 0 Å². The maximum atomic E-state index is 11.3. The Balaban J connectivity index is 2.52. The van der Waals surface area contributed by atoms with Crippen LogP contribution in [-0.2, 0) is 9.78 Å². The summed E-state index contributed by atoms with van der Waals surface area (Å²) in [5.74, 6) is -0.512. The van der Waals surface area contributed by atoms with Gasteiger partial charge in [0.05, 0.1) is 5.56 Å². The van der Waals surface area contributed by atoms with Gasteiger partial charge >= 0.3 is 5.97 Å². The fourth-order valence-electron chi connectivity index (χ4n) is 0.773. The summed E-state index contributed by atoms with van der Waals surface area (Å²) in [7, 11) is 0. The predicted octanol–water partition coefficient (Wildman–Crippen LogP) is 2.39. The quantitative estimate of drug-likeness (QED) is 0.546. The van der Waals surface area contributed by atoms with Gasteiger partial charge in [-0.05, 0) is 32.9 Å². The van der Waals surface area contributed by atoms with Gasteiger partial charge in [0.2, 0.25) is 0 Å². The Morgan fingerprint density at radius 2 is 1.86 bits per heavy atom. The Hall–Kier alpha value is -1.35. The van der Waals surface area contributed by atoms with Crippen molar-refractivity contribution in [3.05, 3.63) is 42.8 Å². The van der Waals surface area contributed by atoms with Crippen molar-refractivity contribution in [3.63, 3.8) is 0 Å². The molecule has 0 N–H and O–H groups in total. The van der Waals surface area contributed by atoms with Crippen LogP contribution >= 0.6 is 0 Å². The van der Waals surface area contributed by atoms with Gasteiger partial charge < -0.3 is 0 Å². The molecule has 0 amide bonds. The van der Waals surface area contributed by atoms with Crippen molar-refractivity contribution in [1.29, 1.82) is 0 Å². The third-order valence-corrected chi connectivity index (χ3v) is 1.35. The van der Waals surface area contributed by atoms with E-state index in [-0.39, 0.29) is 0 Å². The highest BCUT2D eigenvalue weighted by Crippen LogP contribution is 2.09. The second-order valence-electron chi connectivity index (χ2n) is 3.58. The van der Waals surface area contributed by atoms with Gasteiger partial charge in [-0.15, -0.1) is 0 Å². The van der Waals surface area contributed by atoms with Crippen LogP contribution in [0.3, 0.4) is 0 Å². The number of hydrogen-bond acceptors (Lipinski definition) is 3. The zero-order chi connectivity index (χ0) is 10.6. The van der Waals surface area contributed by atoms with Crippen LogP contribution in [0, 0.1) is 6.92 Å². The summed E-state index contributed by atoms with van der Waals surface area (Å²) >= 11 is 0. The first-order valence-electron chi connectivity index (χ1n) is 4.29. The summed E-state index contributed by atoms with van der Waals surface area (Å²) in [5.41, 5.74) is -0.276. The number of carbonyl (C=O) groups is 1. The molecule has 0 bridgehead atoms. The lowest BCUT2D eigenvalue weighted by Crippen LogP contribution is -2.22. The zero-order valence-electron chi connectivity index (χ0n) is 8.32. The molecule has 0 saturated carbocycles. The van der Waals surface area contributed by atoms with E-state index in [4.69, 9.17) is 4.89 Å². The van der Waals surface area contributed by atoms with Crippen LogP contribution in [0.25, 0.3) is 0 Å². The lowest BCUT2D eigenvalue weighted by molar-refractivity contribution is -0.293. The van der Waals surface area contributed by atoms with Crippen LogP contribution in [-0.4, -0.2) is 11.6 Å². The minimum Gasteiger partial charge on any atom is -0.292 e. The summed E-state index contributed by atoms with van der Waals surface area (Å²) in [4.78, 5) is 20.7. The highest BCUT2D eigenvalue weighted by Gasteiger charge is 2.16. The Labute approximate surface area is 83.6 Å². The highest BCUT2D eigenvalue weighted by molar-refractivity contribution is 5.88. The Morgan fingerprint density at radius 1 is 1.29 bits per heavy atom. The summed E-state index contributed by atoms with van der Waals surface area (Å²) in [6.45, 7) is 7.04.